The van der Waals surface area contributed by atoms with Gasteiger partial charge in [-0.15, -0.1) is 0 Å². The van der Waals surface area contributed by atoms with E-state index in [0.29, 0.717) is 16.4 Å². The molecule has 14 heteroatoms. The highest BCUT2D eigenvalue weighted by molar-refractivity contribution is 6.30. The number of amides is 4. The fourth-order valence-electron chi connectivity index (χ4n) is 3.60. The molecule has 0 aromatic heterocycles. The van der Waals surface area contributed by atoms with Crippen molar-refractivity contribution >= 4 is 46.6 Å². The quantitative estimate of drug-likeness (QED) is 0.418. The normalized spacial score (nSPS) is 16.8. The number of halogens is 6. The summed E-state index contributed by atoms with van der Waals surface area (Å²) in [6.45, 7) is -1.45. The number of rotatable bonds is 6. The van der Waals surface area contributed by atoms with Crippen LogP contribution in [0, 0.1) is 5.92 Å². The lowest BCUT2D eigenvalue weighted by Gasteiger charge is -2.26. The van der Waals surface area contributed by atoms with Crippen molar-refractivity contribution in [1.82, 2.24) is 10.6 Å². The first-order valence-electron chi connectivity index (χ1n) is 11.1. The molecule has 4 amide bonds. The summed E-state index contributed by atoms with van der Waals surface area (Å²) < 4.78 is 63.4. The molecule has 0 saturated heterocycles. The number of nitrogens with one attached hydrogen (secondary N) is 2. The maximum Gasteiger partial charge on any atom is 0.455 e. The zero-order chi connectivity index (χ0) is 28.4. The van der Waals surface area contributed by atoms with E-state index < -0.39 is 54.2 Å². The van der Waals surface area contributed by atoms with Gasteiger partial charge < -0.3 is 20.4 Å². The third kappa shape index (κ3) is 6.04. The molecule has 1 heterocycles. The van der Waals surface area contributed by atoms with Crippen molar-refractivity contribution in [2.45, 2.75) is 25.1 Å². The third-order valence-electron chi connectivity index (χ3n) is 5.87. The van der Waals surface area contributed by atoms with Crippen LogP contribution in [0.5, 0.6) is 0 Å². The SMILES string of the molecule is CC(C(=O)NCC(F)(F)C(F)(F)F)C(=O)NC1CN(C(=O)c2ccc(Cl)cc2)c2ccccc2N(C)C1=O. The lowest BCUT2D eigenvalue weighted by atomic mass is 10.1. The number of carbonyl (C=O) groups excluding carboxylic acids is 4. The minimum Gasteiger partial charge on any atom is -0.349 e. The number of carbonyl (C=O) groups is 4. The Balaban J connectivity index is 1.82. The standard InChI is InChI=1S/C24H22ClF5N4O4/c1-13(19(35)31-12-23(26,27)24(28,29)30)20(36)32-16-11-34(21(37)14-7-9-15(25)10-8-14)18-6-4-3-5-17(18)33(2)22(16)38/h3-10,13,16H,11-12H2,1-2H3,(H,31,35)(H,32,36). The Bertz CT molecular complexity index is 1240. The first-order valence-corrected chi connectivity index (χ1v) is 11.5. The summed E-state index contributed by atoms with van der Waals surface area (Å²) in [5.41, 5.74) is 0.918. The Morgan fingerprint density at radius 3 is 2.16 bits per heavy atom. The maximum atomic E-state index is 13.4. The van der Waals surface area contributed by atoms with Gasteiger partial charge in [-0.25, -0.2) is 0 Å². The molecule has 0 saturated carbocycles. The van der Waals surface area contributed by atoms with Gasteiger partial charge in [-0.3, -0.25) is 19.2 Å². The van der Waals surface area contributed by atoms with Crippen molar-refractivity contribution in [3.8, 4) is 0 Å². The van der Waals surface area contributed by atoms with Crippen LogP contribution in [0.3, 0.4) is 0 Å². The van der Waals surface area contributed by atoms with Gasteiger partial charge in [0.05, 0.1) is 24.5 Å². The monoisotopic (exact) mass is 560 g/mol. The second kappa shape index (κ2) is 10.9. The first kappa shape index (κ1) is 28.8. The van der Waals surface area contributed by atoms with Crippen molar-refractivity contribution in [2.75, 3.05) is 29.9 Å². The molecule has 2 aromatic carbocycles. The highest BCUT2D eigenvalue weighted by Crippen LogP contribution is 2.35. The maximum absolute atomic E-state index is 13.4. The third-order valence-corrected chi connectivity index (χ3v) is 6.12. The van der Waals surface area contributed by atoms with Crippen LogP contribution < -0.4 is 20.4 Å². The summed E-state index contributed by atoms with van der Waals surface area (Å²) in [7, 11) is 1.41. The minimum absolute atomic E-state index is 0.227. The molecule has 2 atom stereocenters. The van der Waals surface area contributed by atoms with E-state index in [4.69, 9.17) is 11.6 Å². The van der Waals surface area contributed by atoms with Crippen LogP contribution in [0.2, 0.25) is 5.02 Å². The molecule has 2 N–H and O–H groups in total. The molecule has 0 radical (unpaired) electrons. The van der Waals surface area contributed by atoms with Gasteiger partial charge in [0.2, 0.25) is 11.8 Å². The van der Waals surface area contributed by atoms with Gasteiger partial charge in [0.15, 0.2) is 0 Å². The molecule has 0 bridgehead atoms. The van der Waals surface area contributed by atoms with Gasteiger partial charge in [0.1, 0.15) is 12.0 Å². The van der Waals surface area contributed by atoms with Crippen LogP contribution in [0.1, 0.15) is 17.3 Å². The Morgan fingerprint density at radius 2 is 1.58 bits per heavy atom. The number of nitrogens with zero attached hydrogens (tertiary/aromatic N) is 2. The summed E-state index contributed by atoms with van der Waals surface area (Å²) in [6, 6.07) is 11.0. The fraction of sp³-hybridized carbons (Fsp3) is 0.333. The van der Waals surface area contributed by atoms with Crippen LogP contribution in [0.15, 0.2) is 48.5 Å². The number of anilines is 2. The average Bonchev–Trinajstić information content (AvgIpc) is 2.97. The van der Waals surface area contributed by atoms with Crippen LogP contribution in [0.25, 0.3) is 0 Å². The second-order valence-corrected chi connectivity index (χ2v) is 8.95. The molecule has 0 aliphatic carbocycles. The highest BCUT2D eigenvalue weighted by Gasteiger charge is 2.57. The number of likely N-dealkylation sites (N-methyl/N-ethyl adjacent to an activating group) is 1. The fourth-order valence-corrected chi connectivity index (χ4v) is 3.73. The lowest BCUT2D eigenvalue weighted by Crippen LogP contribution is -2.55. The predicted octanol–water partition coefficient (Wildman–Crippen LogP) is 3.40. The molecule has 2 unspecified atom stereocenters. The molecule has 2 aromatic rings. The summed E-state index contributed by atoms with van der Waals surface area (Å²) in [4.78, 5) is 53.9. The van der Waals surface area contributed by atoms with Crippen molar-refractivity contribution in [1.29, 1.82) is 0 Å². The first-order chi connectivity index (χ1) is 17.6. The van der Waals surface area contributed by atoms with Crippen molar-refractivity contribution in [2.24, 2.45) is 5.92 Å². The van der Waals surface area contributed by atoms with Gasteiger partial charge in [-0.1, -0.05) is 23.7 Å². The number of para-hydroxylation sites is 2. The van der Waals surface area contributed by atoms with E-state index in [-0.39, 0.29) is 12.1 Å². The molecule has 204 valence electrons. The number of hydrogen-bond donors (Lipinski definition) is 2. The van der Waals surface area contributed by atoms with E-state index >= 15 is 0 Å². The van der Waals surface area contributed by atoms with E-state index in [1.165, 1.54) is 46.4 Å². The molecular weight excluding hydrogens is 539 g/mol. The number of fused-ring (bicyclic) bond motifs is 1. The average molecular weight is 561 g/mol. The van der Waals surface area contributed by atoms with Gasteiger partial charge in [-0.2, -0.15) is 22.0 Å². The number of hydrogen-bond acceptors (Lipinski definition) is 4. The molecular formula is C24H22ClF5N4O4. The Hall–Kier alpha value is -3.74. The largest absolute Gasteiger partial charge is 0.455 e. The van der Waals surface area contributed by atoms with Crippen LogP contribution >= 0.6 is 11.6 Å². The van der Waals surface area contributed by atoms with E-state index in [1.807, 2.05) is 0 Å². The smallest absolute Gasteiger partial charge is 0.349 e. The zero-order valence-electron chi connectivity index (χ0n) is 20.0. The van der Waals surface area contributed by atoms with E-state index in [2.05, 4.69) is 5.32 Å². The zero-order valence-corrected chi connectivity index (χ0v) is 20.7. The Kier molecular flexibility index (Phi) is 8.30. The molecule has 8 nitrogen and oxygen atoms in total. The van der Waals surface area contributed by atoms with E-state index in [9.17, 15) is 41.1 Å². The van der Waals surface area contributed by atoms with Crippen molar-refractivity contribution in [3.05, 3.63) is 59.1 Å². The molecule has 0 spiro atoms. The minimum atomic E-state index is -5.89. The molecule has 1 aliphatic rings. The van der Waals surface area contributed by atoms with Gasteiger partial charge in [-0.05, 0) is 43.3 Å². The summed E-state index contributed by atoms with van der Waals surface area (Å²) >= 11 is 5.90. The molecule has 0 fully saturated rings. The molecule has 1 aliphatic heterocycles. The number of alkyl halides is 5. The molecule has 38 heavy (non-hydrogen) atoms. The Labute approximate surface area is 218 Å². The van der Waals surface area contributed by atoms with Gasteiger partial charge >= 0.3 is 12.1 Å². The predicted molar refractivity (Wildman–Crippen MR) is 128 cm³/mol. The second-order valence-electron chi connectivity index (χ2n) is 8.51. The lowest BCUT2D eigenvalue weighted by molar-refractivity contribution is -0.278. The van der Waals surface area contributed by atoms with Crippen LogP contribution in [-0.2, 0) is 14.4 Å². The van der Waals surface area contributed by atoms with E-state index in [1.54, 1.807) is 24.3 Å². The van der Waals surface area contributed by atoms with Crippen LogP contribution in [-0.4, -0.2) is 61.9 Å². The summed E-state index contributed by atoms with van der Waals surface area (Å²) in [5, 5.41) is 4.11. The van der Waals surface area contributed by atoms with Crippen LogP contribution in [0.4, 0.5) is 33.3 Å². The summed E-state index contributed by atoms with van der Waals surface area (Å²) in [5.74, 6) is -10.6. The number of benzene rings is 2. The summed E-state index contributed by atoms with van der Waals surface area (Å²) in [6.07, 6.45) is -5.89. The molecule has 3 rings (SSSR count). The van der Waals surface area contributed by atoms with Gasteiger partial charge in [0, 0.05) is 17.6 Å². The van der Waals surface area contributed by atoms with E-state index in [0.717, 1.165) is 6.92 Å². The van der Waals surface area contributed by atoms with Crippen molar-refractivity contribution < 1.29 is 41.1 Å². The highest BCUT2D eigenvalue weighted by atomic mass is 35.5. The Morgan fingerprint density at radius 1 is 1.00 bits per heavy atom. The van der Waals surface area contributed by atoms with Crippen molar-refractivity contribution in [3.63, 3.8) is 0 Å². The topological polar surface area (TPSA) is 98.8 Å². The van der Waals surface area contributed by atoms with Gasteiger partial charge in [0.25, 0.3) is 11.8 Å².